The first-order valence-electron chi connectivity index (χ1n) is 5.83. The number of aliphatic hydroxyl groups is 2. The predicted octanol–water partition coefficient (Wildman–Crippen LogP) is 0.459. The summed E-state index contributed by atoms with van der Waals surface area (Å²) in [7, 11) is -3.68. The van der Waals surface area contributed by atoms with Crippen molar-refractivity contribution in [3.05, 3.63) is 17.9 Å². The van der Waals surface area contributed by atoms with Crippen LogP contribution in [0.4, 0.5) is 0 Å². The molecule has 1 unspecified atom stereocenters. The maximum absolute atomic E-state index is 11.8. The third kappa shape index (κ3) is 4.09. The van der Waals surface area contributed by atoms with Crippen LogP contribution >= 0.6 is 0 Å². The molecule has 1 atom stereocenters. The van der Waals surface area contributed by atoms with Crippen LogP contribution in [0.15, 0.2) is 21.6 Å². The van der Waals surface area contributed by atoms with Gasteiger partial charge in [-0.05, 0) is 24.5 Å². The smallest absolute Gasteiger partial charge is 0.273 e. The first kappa shape index (κ1) is 15.2. The zero-order chi connectivity index (χ0) is 13.6. The molecule has 18 heavy (non-hydrogen) atoms. The lowest BCUT2D eigenvalue weighted by Gasteiger charge is -2.13. The largest absolute Gasteiger partial charge is 0.446 e. The molecular formula is C11H19NO5S. The summed E-state index contributed by atoms with van der Waals surface area (Å²) in [5.41, 5.74) is 0. The first-order chi connectivity index (χ1) is 8.53. The summed E-state index contributed by atoms with van der Waals surface area (Å²) in [5.74, 6) is 0.301. The molecule has 0 saturated carbocycles. The van der Waals surface area contributed by atoms with Gasteiger partial charge in [-0.25, -0.2) is 13.1 Å². The van der Waals surface area contributed by atoms with Crippen molar-refractivity contribution >= 4 is 10.0 Å². The third-order valence-electron chi connectivity index (χ3n) is 2.73. The zero-order valence-electron chi connectivity index (χ0n) is 10.3. The van der Waals surface area contributed by atoms with Crippen LogP contribution < -0.4 is 4.72 Å². The molecular weight excluding hydrogens is 258 g/mol. The highest BCUT2D eigenvalue weighted by molar-refractivity contribution is 7.89. The maximum atomic E-state index is 11.8. The monoisotopic (exact) mass is 277 g/mol. The number of rotatable bonds is 8. The Kier molecular flexibility index (Phi) is 5.80. The topological polar surface area (TPSA) is 99.8 Å². The van der Waals surface area contributed by atoms with Gasteiger partial charge in [0.15, 0.2) is 0 Å². The number of nitrogens with one attached hydrogen (secondary N) is 1. The van der Waals surface area contributed by atoms with Crippen molar-refractivity contribution in [2.75, 3.05) is 13.2 Å². The van der Waals surface area contributed by atoms with E-state index in [-0.39, 0.29) is 36.5 Å². The molecule has 0 aliphatic carbocycles. The molecule has 1 rings (SSSR count). The average molecular weight is 277 g/mol. The highest BCUT2D eigenvalue weighted by atomic mass is 32.2. The van der Waals surface area contributed by atoms with Crippen molar-refractivity contribution in [1.29, 1.82) is 0 Å². The van der Waals surface area contributed by atoms with Crippen LogP contribution in [-0.4, -0.2) is 31.8 Å². The van der Waals surface area contributed by atoms with Crippen LogP contribution in [0.1, 0.15) is 25.5 Å². The predicted molar refractivity (Wildman–Crippen MR) is 65.3 cm³/mol. The molecule has 1 aromatic rings. The minimum Gasteiger partial charge on any atom is -0.446 e. The molecule has 6 nitrogen and oxygen atoms in total. The number of furan rings is 1. The second-order valence-corrected chi connectivity index (χ2v) is 5.72. The fraction of sp³-hybridized carbons (Fsp3) is 0.636. The number of hydrogen-bond acceptors (Lipinski definition) is 5. The number of hydrogen-bond donors (Lipinski definition) is 3. The molecule has 3 N–H and O–H groups in total. The van der Waals surface area contributed by atoms with Gasteiger partial charge in [0.1, 0.15) is 12.4 Å². The lowest BCUT2D eigenvalue weighted by Crippen LogP contribution is -2.29. The van der Waals surface area contributed by atoms with Crippen LogP contribution in [0.25, 0.3) is 0 Å². The Bertz CT molecular complexity index is 454. The van der Waals surface area contributed by atoms with Gasteiger partial charge in [0.05, 0.1) is 0 Å². The van der Waals surface area contributed by atoms with E-state index in [0.717, 1.165) is 6.42 Å². The van der Waals surface area contributed by atoms with Gasteiger partial charge in [0, 0.05) is 13.2 Å². The second kappa shape index (κ2) is 6.89. The zero-order valence-corrected chi connectivity index (χ0v) is 11.1. The quantitative estimate of drug-likeness (QED) is 0.641. The Morgan fingerprint density at radius 2 is 2.11 bits per heavy atom. The highest BCUT2D eigenvalue weighted by Gasteiger charge is 2.19. The number of sulfonamides is 1. The summed E-state index contributed by atoms with van der Waals surface area (Å²) in [5, 5.41) is 17.4. The van der Waals surface area contributed by atoms with Crippen LogP contribution in [0.2, 0.25) is 0 Å². The average Bonchev–Trinajstić information content (AvgIpc) is 2.84. The van der Waals surface area contributed by atoms with Crippen molar-refractivity contribution in [1.82, 2.24) is 4.72 Å². The van der Waals surface area contributed by atoms with Crippen molar-refractivity contribution in [2.24, 2.45) is 5.92 Å². The molecule has 7 heteroatoms. The second-order valence-electron chi connectivity index (χ2n) is 4.02. The van der Waals surface area contributed by atoms with Gasteiger partial charge in [-0.3, -0.25) is 0 Å². The van der Waals surface area contributed by atoms with Crippen molar-refractivity contribution < 1.29 is 23.0 Å². The number of aliphatic hydroxyl groups excluding tert-OH is 2. The van der Waals surface area contributed by atoms with Crippen molar-refractivity contribution in [3.8, 4) is 0 Å². The molecule has 0 aliphatic rings. The minimum atomic E-state index is -3.68. The summed E-state index contributed by atoms with van der Waals surface area (Å²) in [4.78, 5) is 0. The lowest BCUT2D eigenvalue weighted by atomic mass is 10.0. The highest BCUT2D eigenvalue weighted by Crippen LogP contribution is 2.14. The fourth-order valence-corrected chi connectivity index (χ4v) is 2.58. The summed E-state index contributed by atoms with van der Waals surface area (Å²) in [6.07, 6.45) is 1.34. The van der Waals surface area contributed by atoms with Crippen LogP contribution in [-0.2, 0) is 16.6 Å². The Hall–Kier alpha value is -0.890. The Morgan fingerprint density at radius 1 is 1.39 bits per heavy atom. The lowest BCUT2D eigenvalue weighted by molar-refractivity contribution is 0.236. The van der Waals surface area contributed by atoms with Crippen molar-refractivity contribution in [3.63, 3.8) is 0 Å². The SMILES string of the molecule is CCC(CCO)CNS(=O)(=O)c1ccc(CO)o1. The van der Waals surface area contributed by atoms with Gasteiger partial charge in [-0.15, -0.1) is 0 Å². The molecule has 0 aliphatic heterocycles. The van der Waals surface area contributed by atoms with Gasteiger partial charge >= 0.3 is 0 Å². The summed E-state index contributed by atoms with van der Waals surface area (Å²) >= 11 is 0. The molecule has 0 amide bonds. The molecule has 1 heterocycles. The molecule has 0 bridgehead atoms. The Balaban J connectivity index is 2.64. The van der Waals surface area contributed by atoms with Gasteiger partial charge in [0.25, 0.3) is 10.0 Å². The van der Waals surface area contributed by atoms with E-state index in [2.05, 4.69) is 4.72 Å². The molecule has 104 valence electrons. The normalized spacial score (nSPS) is 13.7. The fourth-order valence-electron chi connectivity index (χ4n) is 1.52. The van der Waals surface area contributed by atoms with E-state index in [1.165, 1.54) is 12.1 Å². The third-order valence-corrected chi connectivity index (χ3v) is 4.03. The van der Waals surface area contributed by atoms with E-state index in [9.17, 15) is 8.42 Å². The van der Waals surface area contributed by atoms with Gasteiger partial charge < -0.3 is 14.6 Å². The Morgan fingerprint density at radius 3 is 2.61 bits per heavy atom. The molecule has 0 spiro atoms. The van der Waals surface area contributed by atoms with Gasteiger partial charge in [-0.2, -0.15) is 0 Å². The van der Waals surface area contributed by atoms with Crippen molar-refractivity contribution in [2.45, 2.75) is 31.5 Å². The van der Waals surface area contributed by atoms with E-state index in [1.807, 2.05) is 6.92 Å². The standard InChI is InChI=1S/C11H19NO5S/c1-2-9(5-6-13)7-12-18(15,16)11-4-3-10(8-14)17-11/h3-4,9,12-14H,2,5-8H2,1H3. The maximum Gasteiger partial charge on any atom is 0.273 e. The van der Waals surface area contributed by atoms with E-state index >= 15 is 0 Å². The first-order valence-corrected chi connectivity index (χ1v) is 7.32. The van der Waals surface area contributed by atoms with Crippen LogP contribution in [0, 0.1) is 5.92 Å². The van der Waals surface area contributed by atoms with Gasteiger partial charge in [0.2, 0.25) is 5.09 Å². The van der Waals surface area contributed by atoms with Gasteiger partial charge in [-0.1, -0.05) is 13.3 Å². The van der Waals surface area contributed by atoms with Crippen LogP contribution in [0.5, 0.6) is 0 Å². The van der Waals surface area contributed by atoms with Crippen LogP contribution in [0.3, 0.4) is 0 Å². The minimum absolute atomic E-state index is 0.0373. The van der Waals surface area contributed by atoms with E-state index in [4.69, 9.17) is 14.6 Å². The molecule has 0 radical (unpaired) electrons. The summed E-state index contributed by atoms with van der Waals surface area (Å²) in [6, 6.07) is 2.72. The molecule has 1 aromatic heterocycles. The van der Waals surface area contributed by atoms with E-state index in [1.54, 1.807) is 0 Å². The molecule has 0 fully saturated rings. The van der Waals surface area contributed by atoms with E-state index < -0.39 is 10.0 Å². The molecule has 0 saturated heterocycles. The summed E-state index contributed by atoms with van der Waals surface area (Å²) in [6.45, 7) is 1.90. The summed E-state index contributed by atoms with van der Waals surface area (Å²) < 4.78 is 31.1. The molecule has 0 aromatic carbocycles. The van der Waals surface area contributed by atoms with E-state index in [0.29, 0.717) is 6.42 Å². The Labute approximate surface area is 107 Å².